The van der Waals surface area contributed by atoms with Gasteiger partial charge in [-0.15, -0.1) is 11.3 Å². The molecule has 5 rings (SSSR count). The first-order chi connectivity index (χ1) is 18.3. The van der Waals surface area contributed by atoms with Gasteiger partial charge in [0.15, 0.2) is 5.78 Å². The number of hydrogen-bond acceptors (Lipinski definition) is 5. The molecule has 4 atom stereocenters. The lowest BCUT2D eigenvalue weighted by Gasteiger charge is -2.30. The number of likely N-dealkylation sites (tertiary alicyclic amines) is 1. The number of carboxylic acids is 1. The first kappa shape index (κ1) is 25.6. The third-order valence-corrected chi connectivity index (χ3v) is 7.94. The predicted molar refractivity (Wildman–Crippen MR) is 147 cm³/mol. The third kappa shape index (κ3) is 4.92. The Kier molecular flexibility index (Phi) is 7.26. The van der Waals surface area contributed by atoms with Crippen molar-refractivity contribution in [1.29, 1.82) is 0 Å². The SMILES string of the molecule is Cc1cccc(NC(=O)N2C(C(=O)O)C(c3cccs3)C(C(=O)c3cccc(Cl)c3)C2c2cccnc2)c1. The zero-order valence-corrected chi connectivity index (χ0v) is 21.9. The molecule has 1 fully saturated rings. The fraction of sp³-hybridized carbons (Fsp3) is 0.172. The van der Waals surface area contributed by atoms with Crippen molar-refractivity contribution in [2.24, 2.45) is 5.92 Å². The van der Waals surface area contributed by atoms with E-state index in [1.54, 1.807) is 60.9 Å². The molecule has 2 N–H and O–H groups in total. The number of amides is 2. The van der Waals surface area contributed by atoms with Crippen LogP contribution < -0.4 is 5.32 Å². The summed E-state index contributed by atoms with van der Waals surface area (Å²) in [5.74, 6) is -3.19. The summed E-state index contributed by atoms with van der Waals surface area (Å²) in [4.78, 5) is 47.2. The number of urea groups is 1. The number of nitrogens with zero attached hydrogens (tertiary/aromatic N) is 2. The van der Waals surface area contributed by atoms with Gasteiger partial charge in [0, 0.05) is 39.5 Å². The van der Waals surface area contributed by atoms with Gasteiger partial charge in [0.05, 0.1) is 12.0 Å². The van der Waals surface area contributed by atoms with Crippen LogP contribution in [0.1, 0.15) is 38.3 Å². The van der Waals surface area contributed by atoms with Crippen molar-refractivity contribution in [1.82, 2.24) is 9.88 Å². The van der Waals surface area contributed by atoms with Crippen molar-refractivity contribution < 1.29 is 19.5 Å². The van der Waals surface area contributed by atoms with Gasteiger partial charge < -0.3 is 15.3 Å². The smallest absolute Gasteiger partial charge is 0.327 e. The van der Waals surface area contributed by atoms with Crippen LogP contribution >= 0.6 is 22.9 Å². The quantitative estimate of drug-likeness (QED) is 0.272. The number of nitrogens with one attached hydrogen (secondary N) is 1. The highest BCUT2D eigenvalue weighted by atomic mass is 35.5. The fourth-order valence-corrected chi connectivity index (χ4v) is 6.32. The van der Waals surface area contributed by atoms with Gasteiger partial charge in [-0.2, -0.15) is 0 Å². The molecular weight excluding hydrogens is 522 g/mol. The number of carboxylic acid groups (broad SMARTS) is 1. The molecule has 192 valence electrons. The molecule has 0 saturated carbocycles. The molecule has 9 heteroatoms. The Morgan fingerprint density at radius 3 is 2.50 bits per heavy atom. The monoisotopic (exact) mass is 545 g/mol. The van der Waals surface area contributed by atoms with Gasteiger partial charge in [0.2, 0.25) is 0 Å². The Bertz CT molecular complexity index is 1480. The summed E-state index contributed by atoms with van der Waals surface area (Å²) in [6.07, 6.45) is 3.17. The number of hydrogen-bond donors (Lipinski definition) is 2. The number of benzene rings is 2. The second-order valence-corrected chi connectivity index (χ2v) is 10.6. The molecule has 4 unspecified atom stereocenters. The number of rotatable bonds is 6. The summed E-state index contributed by atoms with van der Waals surface area (Å²) >= 11 is 7.58. The molecular formula is C29H24ClN3O4S. The normalized spacial score (nSPS) is 20.7. The van der Waals surface area contributed by atoms with Gasteiger partial charge in [0.1, 0.15) is 6.04 Å². The molecule has 4 aromatic rings. The fourth-order valence-electron chi connectivity index (χ4n) is 5.22. The lowest BCUT2D eigenvalue weighted by molar-refractivity contribution is -0.142. The number of aryl methyl sites for hydroxylation is 1. The van der Waals surface area contributed by atoms with Gasteiger partial charge in [0.25, 0.3) is 0 Å². The predicted octanol–water partition coefficient (Wildman–Crippen LogP) is 6.43. The standard InChI is InChI=1S/C29H24ClN3O4S/c1-17-6-2-10-21(14-17)32-29(37)33-25(19-8-4-12-31-16-19)24(27(34)18-7-3-9-20(30)15-18)23(26(33)28(35)36)22-11-5-13-38-22/h2-16,23-26H,1H3,(H,32,37)(H,35,36). The second kappa shape index (κ2) is 10.8. The van der Waals surface area contributed by atoms with Crippen LogP contribution in [0.15, 0.2) is 90.6 Å². The third-order valence-electron chi connectivity index (χ3n) is 6.73. The first-order valence-corrected chi connectivity index (χ1v) is 13.2. The molecule has 3 heterocycles. The average Bonchev–Trinajstić information content (AvgIpc) is 3.55. The molecule has 1 aliphatic rings. The summed E-state index contributed by atoms with van der Waals surface area (Å²) in [6, 6.07) is 18.1. The van der Waals surface area contributed by atoms with E-state index in [9.17, 15) is 19.5 Å². The molecule has 1 aliphatic heterocycles. The number of carbonyl (C=O) groups excluding carboxylic acids is 2. The second-order valence-electron chi connectivity index (χ2n) is 9.16. The van der Waals surface area contributed by atoms with Gasteiger partial charge >= 0.3 is 12.0 Å². The Morgan fingerprint density at radius 2 is 1.84 bits per heavy atom. The van der Waals surface area contributed by atoms with E-state index in [1.807, 2.05) is 36.6 Å². The summed E-state index contributed by atoms with van der Waals surface area (Å²) in [5, 5.41) is 15.6. The van der Waals surface area contributed by atoms with E-state index in [0.29, 0.717) is 26.7 Å². The van der Waals surface area contributed by atoms with Gasteiger partial charge in [-0.05, 0) is 59.8 Å². The summed E-state index contributed by atoms with van der Waals surface area (Å²) < 4.78 is 0. The van der Waals surface area contributed by atoms with Gasteiger partial charge in [-0.3, -0.25) is 9.78 Å². The van der Waals surface area contributed by atoms with E-state index in [1.165, 1.54) is 16.2 Å². The number of Topliss-reactive ketones (excluding diaryl/α,β-unsaturated/α-hetero) is 1. The molecule has 2 aromatic carbocycles. The number of aromatic nitrogens is 1. The lowest BCUT2D eigenvalue weighted by atomic mass is 9.79. The molecule has 1 saturated heterocycles. The molecule has 2 aromatic heterocycles. The number of carbonyl (C=O) groups is 3. The molecule has 0 radical (unpaired) electrons. The topological polar surface area (TPSA) is 99.6 Å². The van der Waals surface area contributed by atoms with Crippen molar-refractivity contribution >= 4 is 46.4 Å². The Hall–Kier alpha value is -4.01. The van der Waals surface area contributed by atoms with Crippen molar-refractivity contribution in [3.63, 3.8) is 0 Å². The Morgan fingerprint density at radius 1 is 1.03 bits per heavy atom. The largest absolute Gasteiger partial charge is 0.480 e. The van der Waals surface area contributed by atoms with Crippen LogP contribution in [0.4, 0.5) is 10.5 Å². The number of aliphatic carboxylic acids is 1. The summed E-state index contributed by atoms with van der Waals surface area (Å²) in [7, 11) is 0. The maximum Gasteiger partial charge on any atom is 0.327 e. The van der Waals surface area contributed by atoms with Gasteiger partial charge in [-0.1, -0.05) is 48.0 Å². The molecule has 7 nitrogen and oxygen atoms in total. The number of halogens is 1. The van der Waals surface area contributed by atoms with Crippen LogP contribution in [0, 0.1) is 12.8 Å². The highest BCUT2D eigenvalue weighted by Crippen LogP contribution is 2.52. The minimum Gasteiger partial charge on any atom is -0.480 e. The number of thiophene rings is 1. The summed E-state index contributed by atoms with van der Waals surface area (Å²) in [5.41, 5.74) is 2.38. The molecule has 38 heavy (non-hydrogen) atoms. The molecule has 2 amide bonds. The highest BCUT2D eigenvalue weighted by molar-refractivity contribution is 7.10. The molecule has 0 bridgehead atoms. The van der Waals surface area contributed by atoms with E-state index in [4.69, 9.17) is 11.6 Å². The van der Waals surface area contributed by atoms with E-state index in [-0.39, 0.29) is 5.78 Å². The number of pyridine rings is 1. The van der Waals surface area contributed by atoms with Crippen molar-refractivity contribution in [3.8, 4) is 0 Å². The summed E-state index contributed by atoms with van der Waals surface area (Å²) in [6.45, 7) is 1.90. The van der Waals surface area contributed by atoms with Crippen LogP contribution in [0.3, 0.4) is 0 Å². The van der Waals surface area contributed by atoms with Crippen LogP contribution in [-0.2, 0) is 4.79 Å². The molecule has 0 spiro atoms. The van der Waals surface area contributed by atoms with Crippen LogP contribution in [0.2, 0.25) is 5.02 Å². The molecule has 0 aliphatic carbocycles. The Labute approximate surface area is 228 Å². The average molecular weight is 546 g/mol. The van der Waals surface area contributed by atoms with E-state index >= 15 is 0 Å². The lowest BCUT2D eigenvalue weighted by Crippen LogP contribution is -2.45. The minimum absolute atomic E-state index is 0.295. The van der Waals surface area contributed by atoms with E-state index in [2.05, 4.69) is 10.3 Å². The first-order valence-electron chi connectivity index (χ1n) is 12.0. The number of ketones is 1. The van der Waals surface area contributed by atoms with Crippen LogP contribution in [0.5, 0.6) is 0 Å². The highest BCUT2D eigenvalue weighted by Gasteiger charge is 2.58. The Balaban J connectivity index is 1.69. The van der Waals surface area contributed by atoms with Crippen molar-refractivity contribution in [2.45, 2.75) is 24.9 Å². The minimum atomic E-state index is -1.31. The maximum absolute atomic E-state index is 14.2. The zero-order chi connectivity index (χ0) is 26.8. The van der Waals surface area contributed by atoms with Crippen molar-refractivity contribution in [3.05, 3.63) is 117 Å². The van der Waals surface area contributed by atoms with E-state index < -0.39 is 35.9 Å². The van der Waals surface area contributed by atoms with Gasteiger partial charge in [-0.25, -0.2) is 9.59 Å². The van der Waals surface area contributed by atoms with Crippen LogP contribution in [0.25, 0.3) is 0 Å². The van der Waals surface area contributed by atoms with Crippen LogP contribution in [-0.4, -0.2) is 38.8 Å². The number of anilines is 1. The maximum atomic E-state index is 14.2. The zero-order valence-electron chi connectivity index (χ0n) is 20.3. The van der Waals surface area contributed by atoms with Crippen molar-refractivity contribution in [2.75, 3.05) is 5.32 Å². The van der Waals surface area contributed by atoms with E-state index in [0.717, 1.165) is 5.56 Å².